The van der Waals surface area contributed by atoms with Crippen molar-refractivity contribution in [3.05, 3.63) is 0 Å². The highest BCUT2D eigenvalue weighted by molar-refractivity contribution is 5.73. The van der Waals surface area contributed by atoms with E-state index in [1.807, 2.05) is 19.1 Å². The predicted octanol–water partition coefficient (Wildman–Crippen LogP) is -0.371. The summed E-state index contributed by atoms with van der Waals surface area (Å²) in [7, 11) is 3.93. The number of terminal acetylenes is 1. The first-order valence-corrected chi connectivity index (χ1v) is 4.71. The van der Waals surface area contributed by atoms with Gasteiger partial charge in [-0.1, -0.05) is 5.92 Å². The normalized spacial score (nSPS) is 23.6. The Morgan fingerprint density at radius 2 is 2.14 bits per heavy atom. The molecule has 1 heterocycles. The molecule has 0 aromatic rings. The van der Waals surface area contributed by atoms with Gasteiger partial charge in [-0.2, -0.15) is 0 Å². The summed E-state index contributed by atoms with van der Waals surface area (Å²) in [6.45, 7) is 3.77. The average molecular weight is 195 g/mol. The van der Waals surface area contributed by atoms with E-state index >= 15 is 0 Å². The van der Waals surface area contributed by atoms with Crippen LogP contribution in [0.25, 0.3) is 0 Å². The van der Waals surface area contributed by atoms with Crippen molar-refractivity contribution in [3.63, 3.8) is 0 Å². The molecule has 0 radical (unpaired) electrons. The van der Waals surface area contributed by atoms with E-state index in [0.717, 1.165) is 13.1 Å². The number of hydrogen-bond acceptors (Lipinski definition) is 3. The van der Waals surface area contributed by atoms with E-state index in [-0.39, 0.29) is 11.9 Å². The molecule has 1 atom stereocenters. The molecule has 0 aromatic heterocycles. The maximum Gasteiger partial charge on any atom is 0.219 e. The molecular weight excluding hydrogens is 178 g/mol. The number of hydrogen-bond donors (Lipinski definition) is 0. The molecule has 78 valence electrons. The van der Waals surface area contributed by atoms with Crippen LogP contribution in [0.15, 0.2) is 0 Å². The van der Waals surface area contributed by atoms with E-state index in [1.165, 1.54) is 0 Å². The van der Waals surface area contributed by atoms with Crippen LogP contribution in [0.5, 0.6) is 0 Å². The molecule has 1 amide bonds. The van der Waals surface area contributed by atoms with Crippen molar-refractivity contribution in [1.29, 1.82) is 0 Å². The van der Waals surface area contributed by atoms with Gasteiger partial charge in [-0.15, -0.1) is 6.42 Å². The van der Waals surface area contributed by atoms with Crippen LogP contribution in [-0.2, 0) is 4.79 Å². The summed E-state index contributed by atoms with van der Waals surface area (Å²) in [4.78, 5) is 13.0. The van der Waals surface area contributed by atoms with Crippen LogP contribution >= 0.6 is 0 Å². The predicted molar refractivity (Wildman–Crippen MR) is 55.3 cm³/mol. The quantitative estimate of drug-likeness (QED) is 0.534. The Labute approximate surface area is 85.4 Å². The SMILES string of the molecule is C#C[C@@H]1CN(C(C)=O)CCN1N(C)C. The summed E-state index contributed by atoms with van der Waals surface area (Å²) in [5, 5.41) is 4.08. The van der Waals surface area contributed by atoms with Crippen molar-refractivity contribution in [2.45, 2.75) is 13.0 Å². The fourth-order valence-corrected chi connectivity index (χ4v) is 1.68. The van der Waals surface area contributed by atoms with Crippen LogP contribution in [0.4, 0.5) is 0 Å². The molecule has 1 fully saturated rings. The van der Waals surface area contributed by atoms with Gasteiger partial charge in [0.05, 0.1) is 0 Å². The first-order valence-electron chi connectivity index (χ1n) is 4.71. The molecule has 1 rings (SSSR count). The van der Waals surface area contributed by atoms with E-state index in [1.54, 1.807) is 11.8 Å². The highest BCUT2D eigenvalue weighted by atomic mass is 16.2. The number of carbonyl (C=O) groups is 1. The van der Waals surface area contributed by atoms with E-state index in [2.05, 4.69) is 10.9 Å². The summed E-state index contributed by atoms with van der Waals surface area (Å²) in [6, 6.07) is 0.00245. The van der Waals surface area contributed by atoms with E-state index in [9.17, 15) is 4.79 Å². The minimum Gasteiger partial charge on any atom is -0.339 e. The molecule has 0 bridgehead atoms. The zero-order valence-corrected chi connectivity index (χ0v) is 9.03. The smallest absolute Gasteiger partial charge is 0.219 e. The fraction of sp³-hybridized carbons (Fsp3) is 0.700. The molecule has 0 spiro atoms. The Balaban J connectivity index is 2.65. The van der Waals surface area contributed by atoms with Gasteiger partial charge in [0.2, 0.25) is 5.91 Å². The molecule has 1 saturated heterocycles. The molecule has 0 aliphatic carbocycles. The number of carbonyl (C=O) groups excluding carboxylic acids is 1. The van der Waals surface area contributed by atoms with Gasteiger partial charge in [0.15, 0.2) is 0 Å². The maximum absolute atomic E-state index is 11.2. The lowest BCUT2D eigenvalue weighted by molar-refractivity contribution is -0.134. The van der Waals surface area contributed by atoms with Crippen molar-refractivity contribution in [2.75, 3.05) is 33.7 Å². The van der Waals surface area contributed by atoms with Gasteiger partial charge in [-0.3, -0.25) is 4.79 Å². The van der Waals surface area contributed by atoms with Gasteiger partial charge >= 0.3 is 0 Å². The lowest BCUT2D eigenvalue weighted by atomic mass is 10.2. The zero-order valence-electron chi connectivity index (χ0n) is 9.03. The molecule has 0 aromatic carbocycles. The third-order valence-corrected chi connectivity index (χ3v) is 2.50. The van der Waals surface area contributed by atoms with Gasteiger partial charge in [0.25, 0.3) is 0 Å². The highest BCUT2D eigenvalue weighted by Crippen LogP contribution is 2.10. The average Bonchev–Trinajstić information content (AvgIpc) is 2.16. The van der Waals surface area contributed by atoms with Gasteiger partial charge in [-0.05, 0) is 0 Å². The van der Waals surface area contributed by atoms with Crippen LogP contribution in [0.3, 0.4) is 0 Å². The Morgan fingerprint density at radius 1 is 1.50 bits per heavy atom. The summed E-state index contributed by atoms with van der Waals surface area (Å²) >= 11 is 0. The Kier molecular flexibility index (Phi) is 3.50. The molecule has 14 heavy (non-hydrogen) atoms. The fourth-order valence-electron chi connectivity index (χ4n) is 1.68. The molecule has 0 saturated carbocycles. The van der Waals surface area contributed by atoms with E-state index in [0.29, 0.717) is 6.54 Å². The van der Waals surface area contributed by atoms with Crippen LogP contribution in [0, 0.1) is 12.3 Å². The number of amides is 1. The Bertz CT molecular complexity index is 257. The molecule has 1 aliphatic rings. The molecule has 1 aliphatic heterocycles. The van der Waals surface area contributed by atoms with Crippen LogP contribution in [-0.4, -0.2) is 60.6 Å². The van der Waals surface area contributed by atoms with Gasteiger partial charge < -0.3 is 4.90 Å². The molecule has 0 unspecified atom stereocenters. The largest absolute Gasteiger partial charge is 0.339 e. The van der Waals surface area contributed by atoms with E-state index < -0.39 is 0 Å². The topological polar surface area (TPSA) is 26.8 Å². The number of hydrazine groups is 1. The zero-order chi connectivity index (χ0) is 10.7. The van der Waals surface area contributed by atoms with Crippen LogP contribution in [0.2, 0.25) is 0 Å². The minimum atomic E-state index is 0.00245. The van der Waals surface area contributed by atoms with Crippen LogP contribution < -0.4 is 0 Å². The minimum absolute atomic E-state index is 0.00245. The molecule has 0 N–H and O–H groups in total. The second-order valence-electron chi connectivity index (χ2n) is 3.66. The summed E-state index contributed by atoms with van der Waals surface area (Å²) in [5.41, 5.74) is 0. The number of rotatable bonds is 1. The van der Waals surface area contributed by atoms with Crippen molar-refractivity contribution in [2.24, 2.45) is 0 Å². The van der Waals surface area contributed by atoms with Gasteiger partial charge in [0.1, 0.15) is 6.04 Å². The van der Waals surface area contributed by atoms with Crippen molar-refractivity contribution < 1.29 is 4.79 Å². The Hall–Kier alpha value is -1.05. The van der Waals surface area contributed by atoms with Crippen molar-refractivity contribution in [1.82, 2.24) is 14.9 Å². The first-order chi connectivity index (χ1) is 6.56. The maximum atomic E-state index is 11.2. The lowest BCUT2D eigenvalue weighted by Crippen LogP contribution is -2.57. The third-order valence-electron chi connectivity index (χ3n) is 2.50. The number of piperazine rings is 1. The molecule has 4 nitrogen and oxygen atoms in total. The lowest BCUT2D eigenvalue weighted by Gasteiger charge is -2.41. The molecule has 4 heteroatoms. The first kappa shape index (κ1) is 11.0. The molecular formula is C10H17N3O. The van der Waals surface area contributed by atoms with Crippen molar-refractivity contribution >= 4 is 5.91 Å². The van der Waals surface area contributed by atoms with Gasteiger partial charge in [0, 0.05) is 40.7 Å². The van der Waals surface area contributed by atoms with E-state index in [4.69, 9.17) is 6.42 Å². The monoisotopic (exact) mass is 195 g/mol. The highest BCUT2D eigenvalue weighted by Gasteiger charge is 2.27. The van der Waals surface area contributed by atoms with Gasteiger partial charge in [-0.25, -0.2) is 10.0 Å². The summed E-state index contributed by atoms with van der Waals surface area (Å²) in [6.07, 6.45) is 5.44. The van der Waals surface area contributed by atoms with Crippen LogP contribution in [0.1, 0.15) is 6.92 Å². The number of nitrogens with zero attached hydrogens (tertiary/aromatic N) is 3. The Morgan fingerprint density at radius 3 is 2.57 bits per heavy atom. The third kappa shape index (κ3) is 2.25. The summed E-state index contributed by atoms with van der Waals surface area (Å²) in [5.74, 6) is 2.81. The second kappa shape index (κ2) is 4.45. The standard InChI is InChI=1S/C10H17N3O/c1-5-10-8-12(9(2)14)6-7-13(10)11(3)4/h1,10H,6-8H2,2-4H3/t10-/m1/s1. The van der Waals surface area contributed by atoms with Crippen molar-refractivity contribution in [3.8, 4) is 12.3 Å². The second-order valence-corrected chi connectivity index (χ2v) is 3.66. The summed E-state index contributed by atoms with van der Waals surface area (Å²) < 4.78 is 0.